The van der Waals surface area contributed by atoms with Crippen molar-refractivity contribution in [1.82, 2.24) is 15.5 Å². The highest BCUT2D eigenvalue weighted by molar-refractivity contribution is 5.55. The molecule has 1 heterocycles. The van der Waals surface area contributed by atoms with E-state index in [4.69, 9.17) is 9.26 Å². The van der Waals surface area contributed by atoms with Gasteiger partial charge in [0.15, 0.2) is 0 Å². The summed E-state index contributed by atoms with van der Waals surface area (Å²) in [4.78, 5) is 4.54. The summed E-state index contributed by atoms with van der Waals surface area (Å²) in [6.07, 6.45) is 11.9. The topological polar surface area (TPSA) is 60.2 Å². The van der Waals surface area contributed by atoms with E-state index < -0.39 is 0 Å². The van der Waals surface area contributed by atoms with Crippen LogP contribution in [-0.2, 0) is 6.42 Å². The average molecular weight is 396 g/mol. The maximum atomic E-state index is 5.43. The highest BCUT2D eigenvalue weighted by Gasteiger charge is 2.53. The summed E-state index contributed by atoms with van der Waals surface area (Å²) in [5.41, 5.74) is 0.959. The smallest absolute Gasteiger partial charge is 0.226 e. The van der Waals surface area contributed by atoms with E-state index in [1.54, 1.807) is 7.11 Å². The summed E-state index contributed by atoms with van der Waals surface area (Å²) < 4.78 is 10.6. The molecule has 0 unspecified atom stereocenters. The third-order valence-electron chi connectivity index (χ3n) is 7.72. The van der Waals surface area contributed by atoms with Gasteiger partial charge in [0.2, 0.25) is 11.7 Å². The molecular weight excluding hydrogens is 362 g/mol. The molecule has 156 valence electrons. The van der Waals surface area contributed by atoms with Gasteiger partial charge < -0.3 is 14.6 Å². The van der Waals surface area contributed by atoms with Crippen LogP contribution in [0.3, 0.4) is 0 Å². The lowest BCUT2D eigenvalue weighted by atomic mass is 9.79. The van der Waals surface area contributed by atoms with Gasteiger partial charge in [-0.2, -0.15) is 4.98 Å². The van der Waals surface area contributed by atoms with E-state index in [1.165, 1.54) is 44.9 Å². The Bertz CT molecular complexity index is 803. The molecule has 2 aromatic rings. The Kier molecular flexibility index (Phi) is 5.58. The lowest BCUT2D eigenvalue weighted by Gasteiger charge is -2.32. The van der Waals surface area contributed by atoms with E-state index in [1.807, 2.05) is 24.3 Å². The SMILES string of the molecule is COc1ccc(-c2noc(CCCCCN[C@@H]3C[C@H]4C[C@H]3[C@@H]3CCC[C@H]43)n2)cc1. The monoisotopic (exact) mass is 395 g/mol. The van der Waals surface area contributed by atoms with Crippen molar-refractivity contribution in [2.24, 2.45) is 23.7 Å². The van der Waals surface area contributed by atoms with Gasteiger partial charge in [-0.25, -0.2) is 0 Å². The summed E-state index contributed by atoms with van der Waals surface area (Å²) in [5.74, 6) is 6.41. The molecule has 0 spiro atoms. The molecule has 1 aromatic heterocycles. The van der Waals surface area contributed by atoms with Gasteiger partial charge in [-0.3, -0.25) is 0 Å². The normalized spacial score (nSPS) is 30.0. The van der Waals surface area contributed by atoms with Crippen LogP contribution in [0.4, 0.5) is 0 Å². The second-order valence-electron chi connectivity index (χ2n) is 9.27. The first kappa shape index (κ1) is 19.1. The number of ether oxygens (including phenoxy) is 1. The fourth-order valence-corrected chi connectivity index (χ4v) is 6.38. The van der Waals surface area contributed by atoms with Gasteiger partial charge in [0, 0.05) is 18.0 Å². The van der Waals surface area contributed by atoms with Crippen molar-refractivity contribution >= 4 is 0 Å². The molecule has 1 aromatic carbocycles. The standard InChI is InChI=1S/C24H33N3O2/c1-28-18-11-9-16(10-12-18)24-26-23(29-27-24)8-3-2-4-13-25-22-15-17-14-21(22)20-7-5-6-19(17)20/h9-12,17,19-22,25H,2-8,13-15H2,1H3/t17-,19-,20-,21+,22-/m1/s1. The van der Waals surface area contributed by atoms with E-state index >= 15 is 0 Å². The first-order valence-corrected chi connectivity index (χ1v) is 11.5. The highest BCUT2D eigenvalue weighted by Crippen LogP contribution is 2.58. The zero-order valence-corrected chi connectivity index (χ0v) is 17.5. The number of nitrogens with one attached hydrogen (secondary N) is 1. The van der Waals surface area contributed by atoms with Crippen molar-refractivity contribution in [1.29, 1.82) is 0 Å². The van der Waals surface area contributed by atoms with Gasteiger partial charge in [-0.1, -0.05) is 18.0 Å². The number of nitrogens with zero attached hydrogens (tertiary/aromatic N) is 2. The fraction of sp³-hybridized carbons (Fsp3) is 0.667. The minimum atomic E-state index is 0.658. The van der Waals surface area contributed by atoms with Crippen molar-refractivity contribution < 1.29 is 9.26 Å². The Balaban J connectivity index is 1.00. The molecule has 5 rings (SSSR count). The third kappa shape index (κ3) is 3.94. The highest BCUT2D eigenvalue weighted by atomic mass is 16.5. The summed E-state index contributed by atoms with van der Waals surface area (Å²) in [5, 5.41) is 8.02. The van der Waals surface area contributed by atoms with Gasteiger partial charge in [-0.15, -0.1) is 0 Å². The van der Waals surface area contributed by atoms with Gasteiger partial charge >= 0.3 is 0 Å². The molecule has 3 saturated carbocycles. The molecule has 3 fully saturated rings. The second kappa shape index (κ2) is 8.47. The molecule has 0 saturated heterocycles. The molecule has 2 bridgehead atoms. The predicted molar refractivity (Wildman–Crippen MR) is 113 cm³/mol. The molecule has 29 heavy (non-hydrogen) atoms. The lowest BCUT2D eigenvalue weighted by molar-refractivity contribution is 0.208. The van der Waals surface area contributed by atoms with E-state index in [-0.39, 0.29) is 0 Å². The Labute approximate surface area is 173 Å². The molecule has 3 aliphatic carbocycles. The van der Waals surface area contributed by atoms with E-state index in [0.717, 1.165) is 66.3 Å². The van der Waals surface area contributed by atoms with Crippen molar-refractivity contribution in [3.05, 3.63) is 30.2 Å². The molecule has 1 N–H and O–H groups in total. The van der Waals surface area contributed by atoms with Crippen LogP contribution in [0.1, 0.15) is 57.3 Å². The Morgan fingerprint density at radius 3 is 2.76 bits per heavy atom. The summed E-state index contributed by atoms with van der Waals surface area (Å²) in [7, 11) is 1.67. The molecule has 0 aliphatic heterocycles. The fourth-order valence-electron chi connectivity index (χ4n) is 6.38. The van der Waals surface area contributed by atoms with Crippen molar-refractivity contribution in [2.75, 3.05) is 13.7 Å². The third-order valence-corrected chi connectivity index (χ3v) is 7.72. The van der Waals surface area contributed by atoms with Crippen LogP contribution in [0.2, 0.25) is 0 Å². The average Bonchev–Trinajstić information content (AvgIpc) is 3.53. The molecule has 3 aliphatic rings. The Morgan fingerprint density at radius 1 is 1.03 bits per heavy atom. The second-order valence-corrected chi connectivity index (χ2v) is 9.27. The number of unbranched alkanes of at least 4 members (excludes halogenated alkanes) is 2. The minimum absolute atomic E-state index is 0.658. The Morgan fingerprint density at radius 2 is 1.90 bits per heavy atom. The van der Waals surface area contributed by atoms with Gasteiger partial charge in [0.25, 0.3) is 0 Å². The van der Waals surface area contributed by atoms with E-state index in [2.05, 4.69) is 15.5 Å². The molecule has 5 nitrogen and oxygen atoms in total. The van der Waals surface area contributed by atoms with Crippen LogP contribution < -0.4 is 10.1 Å². The van der Waals surface area contributed by atoms with E-state index in [0.29, 0.717) is 5.82 Å². The number of rotatable bonds is 9. The molecular formula is C24H33N3O2. The van der Waals surface area contributed by atoms with Crippen molar-refractivity contribution in [3.63, 3.8) is 0 Å². The van der Waals surface area contributed by atoms with Gasteiger partial charge in [0.1, 0.15) is 5.75 Å². The van der Waals surface area contributed by atoms with Gasteiger partial charge in [0.05, 0.1) is 7.11 Å². The van der Waals surface area contributed by atoms with Crippen LogP contribution in [0.15, 0.2) is 28.8 Å². The summed E-state index contributed by atoms with van der Waals surface area (Å²) in [6, 6.07) is 8.57. The Hall–Kier alpha value is -1.88. The first-order valence-electron chi connectivity index (χ1n) is 11.5. The zero-order chi connectivity index (χ0) is 19.6. The van der Waals surface area contributed by atoms with Crippen LogP contribution in [0.5, 0.6) is 5.75 Å². The zero-order valence-electron chi connectivity index (χ0n) is 17.5. The van der Waals surface area contributed by atoms with Crippen LogP contribution in [0.25, 0.3) is 11.4 Å². The van der Waals surface area contributed by atoms with Crippen molar-refractivity contribution in [2.45, 2.75) is 63.8 Å². The van der Waals surface area contributed by atoms with Gasteiger partial charge in [-0.05, 0) is 93.0 Å². The maximum absolute atomic E-state index is 5.43. The van der Waals surface area contributed by atoms with Crippen molar-refractivity contribution in [3.8, 4) is 17.1 Å². The quantitative estimate of drug-likeness (QED) is 0.614. The minimum Gasteiger partial charge on any atom is -0.497 e. The first-order chi connectivity index (χ1) is 14.3. The van der Waals surface area contributed by atoms with E-state index in [9.17, 15) is 0 Å². The lowest BCUT2D eigenvalue weighted by Crippen LogP contribution is -2.39. The number of hydrogen-bond donors (Lipinski definition) is 1. The maximum Gasteiger partial charge on any atom is 0.226 e. The molecule has 5 heteroatoms. The molecule has 0 radical (unpaired) electrons. The predicted octanol–water partition coefficient (Wildman–Crippen LogP) is 4.87. The number of hydrogen-bond acceptors (Lipinski definition) is 5. The van der Waals surface area contributed by atoms with Crippen LogP contribution in [-0.4, -0.2) is 29.8 Å². The number of aromatic nitrogens is 2. The van der Waals surface area contributed by atoms with Crippen LogP contribution >= 0.6 is 0 Å². The van der Waals surface area contributed by atoms with Crippen LogP contribution in [0, 0.1) is 23.7 Å². The number of benzene rings is 1. The molecule has 0 amide bonds. The largest absolute Gasteiger partial charge is 0.497 e. The number of fused-ring (bicyclic) bond motifs is 5. The number of aryl methyl sites for hydroxylation is 1. The molecule has 5 atom stereocenters. The number of methoxy groups -OCH3 is 1. The summed E-state index contributed by atoms with van der Waals surface area (Å²) >= 11 is 0. The summed E-state index contributed by atoms with van der Waals surface area (Å²) in [6.45, 7) is 1.16.